The van der Waals surface area contributed by atoms with Crippen LogP contribution in [0.25, 0.3) is 0 Å². The zero-order valence-electron chi connectivity index (χ0n) is 12.4. The van der Waals surface area contributed by atoms with E-state index in [1.54, 1.807) is 11.3 Å². The minimum absolute atomic E-state index is 0.0688. The first-order valence-corrected chi connectivity index (χ1v) is 10.5. The van der Waals surface area contributed by atoms with Crippen molar-refractivity contribution in [1.82, 2.24) is 0 Å². The summed E-state index contributed by atoms with van der Waals surface area (Å²) in [5.74, 6) is 1.72. The van der Waals surface area contributed by atoms with Gasteiger partial charge in [0.05, 0.1) is 10.6 Å². The first kappa shape index (κ1) is 16.4. The molecule has 0 saturated carbocycles. The lowest BCUT2D eigenvalue weighted by Gasteiger charge is -2.08. The first-order chi connectivity index (χ1) is 11.2. The number of nitrogens with two attached hydrogens (primary N) is 1. The lowest BCUT2D eigenvalue weighted by molar-refractivity contribution is -0.116. The maximum absolute atomic E-state index is 12.0. The molecule has 1 atom stereocenters. The Morgan fingerprint density at radius 3 is 2.78 bits per heavy atom. The van der Waals surface area contributed by atoms with Gasteiger partial charge in [-0.2, -0.15) is 0 Å². The van der Waals surface area contributed by atoms with E-state index in [1.807, 2.05) is 63.4 Å². The lowest BCUT2D eigenvalue weighted by atomic mass is 10.2. The number of hydrogen-bond donors (Lipinski definition) is 2. The van der Waals surface area contributed by atoms with Crippen molar-refractivity contribution in [3.05, 3.63) is 46.7 Å². The van der Waals surface area contributed by atoms with Crippen molar-refractivity contribution in [1.29, 1.82) is 0 Å². The van der Waals surface area contributed by atoms with Gasteiger partial charge in [-0.15, -0.1) is 11.3 Å². The molecule has 23 heavy (non-hydrogen) atoms. The van der Waals surface area contributed by atoms with E-state index < -0.39 is 0 Å². The molecule has 0 unspecified atom stereocenters. The van der Waals surface area contributed by atoms with Crippen LogP contribution in [-0.4, -0.2) is 22.7 Å². The van der Waals surface area contributed by atoms with Crippen molar-refractivity contribution in [2.45, 2.75) is 18.1 Å². The summed E-state index contributed by atoms with van der Waals surface area (Å²) in [5, 5.41) is 5.35. The number of carbonyl (C=O) groups is 1. The number of aliphatic imine (C=N–C) groups is 1. The van der Waals surface area contributed by atoms with Gasteiger partial charge < -0.3 is 11.1 Å². The Balaban J connectivity index is 1.58. The number of amides is 1. The number of amidine groups is 1. The fourth-order valence-electron chi connectivity index (χ4n) is 2.16. The van der Waals surface area contributed by atoms with Crippen LogP contribution in [0.15, 0.2) is 46.8 Å². The number of nitrogens with zero attached hydrogens (tertiary/aromatic N) is 1. The molecular formula is C16H17N3OS3. The van der Waals surface area contributed by atoms with Gasteiger partial charge in [-0.05, 0) is 42.1 Å². The van der Waals surface area contributed by atoms with Crippen molar-refractivity contribution in [2.24, 2.45) is 10.7 Å². The third-order valence-corrected chi connectivity index (χ3v) is 7.14. The molecule has 3 N–H and O–H groups in total. The van der Waals surface area contributed by atoms with E-state index in [1.165, 1.54) is 0 Å². The number of nitrogens with one attached hydrogen (secondary N) is 1. The Labute approximate surface area is 147 Å². The van der Waals surface area contributed by atoms with Gasteiger partial charge in [-0.1, -0.05) is 27.7 Å². The number of thiophene rings is 1. The molecule has 2 aromatic rings. The molecule has 2 heterocycles. The molecule has 1 saturated heterocycles. The van der Waals surface area contributed by atoms with E-state index in [-0.39, 0.29) is 5.91 Å². The van der Waals surface area contributed by atoms with Crippen LogP contribution in [0.5, 0.6) is 0 Å². The van der Waals surface area contributed by atoms with E-state index in [2.05, 4.69) is 10.3 Å². The normalized spacial score (nSPS) is 18.1. The van der Waals surface area contributed by atoms with Crippen LogP contribution in [0.2, 0.25) is 0 Å². The molecule has 0 bridgehead atoms. The summed E-state index contributed by atoms with van der Waals surface area (Å²) in [6.45, 7) is 0. The first-order valence-electron chi connectivity index (χ1n) is 7.27. The average molecular weight is 364 g/mol. The van der Waals surface area contributed by atoms with Gasteiger partial charge in [0, 0.05) is 23.1 Å². The van der Waals surface area contributed by atoms with Gasteiger partial charge in [-0.25, -0.2) is 4.99 Å². The second kappa shape index (κ2) is 7.90. The van der Waals surface area contributed by atoms with Crippen molar-refractivity contribution in [3.63, 3.8) is 0 Å². The van der Waals surface area contributed by atoms with Gasteiger partial charge in [0.15, 0.2) is 0 Å². The molecule has 4 nitrogen and oxygen atoms in total. The molecule has 1 aliphatic rings. The predicted octanol–water partition coefficient (Wildman–Crippen LogP) is 4.27. The summed E-state index contributed by atoms with van der Waals surface area (Å²) >= 11 is 1.56. The van der Waals surface area contributed by atoms with Gasteiger partial charge in [0.2, 0.25) is 5.91 Å². The van der Waals surface area contributed by atoms with Gasteiger partial charge in [0.25, 0.3) is 0 Å². The van der Waals surface area contributed by atoms with E-state index >= 15 is 0 Å². The maximum Gasteiger partial charge on any atom is 0.225 e. The maximum atomic E-state index is 12.0. The monoisotopic (exact) mass is 363 g/mol. The molecule has 0 spiro atoms. The highest BCUT2D eigenvalue weighted by molar-refractivity contribution is 8.77. The molecule has 7 heteroatoms. The zero-order valence-corrected chi connectivity index (χ0v) is 14.8. The summed E-state index contributed by atoms with van der Waals surface area (Å²) in [6.07, 6.45) is 1.68. The van der Waals surface area contributed by atoms with E-state index in [4.69, 9.17) is 5.73 Å². The minimum atomic E-state index is 0.0688. The highest BCUT2D eigenvalue weighted by Crippen LogP contribution is 2.39. The van der Waals surface area contributed by atoms with Crippen LogP contribution in [0, 0.1) is 0 Å². The van der Waals surface area contributed by atoms with Crippen LogP contribution in [-0.2, 0) is 4.79 Å². The second-order valence-corrected chi connectivity index (χ2v) is 8.84. The SMILES string of the molecule is NC(=Nc1ccc(NC(=O)C[C@@H]2CCSS2)cc1)c1cccs1. The smallest absolute Gasteiger partial charge is 0.225 e. The summed E-state index contributed by atoms with van der Waals surface area (Å²) in [4.78, 5) is 17.4. The molecule has 1 fully saturated rings. The van der Waals surface area contributed by atoms with Crippen molar-refractivity contribution < 1.29 is 4.79 Å². The molecule has 0 radical (unpaired) electrons. The van der Waals surface area contributed by atoms with E-state index in [0.29, 0.717) is 17.5 Å². The van der Waals surface area contributed by atoms with Crippen LogP contribution in [0.4, 0.5) is 11.4 Å². The Bertz CT molecular complexity index is 677. The van der Waals surface area contributed by atoms with Gasteiger partial charge in [0.1, 0.15) is 5.84 Å². The van der Waals surface area contributed by atoms with E-state index in [0.717, 1.165) is 28.4 Å². The summed E-state index contributed by atoms with van der Waals surface area (Å²) in [6, 6.07) is 11.3. The number of benzene rings is 1. The Morgan fingerprint density at radius 1 is 1.30 bits per heavy atom. The number of rotatable bonds is 5. The fourth-order valence-corrected chi connectivity index (χ4v) is 5.69. The standard InChI is InChI=1S/C16H17N3OS3/c17-16(14-2-1-8-21-14)19-12-5-3-11(4-6-12)18-15(20)10-13-7-9-22-23-13/h1-6,8,13H,7,9-10H2,(H2,17,19)(H,18,20)/t13-/m0/s1. The number of carbonyl (C=O) groups excluding carboxylic acids is 1. The largest absolute Gasteiger partial charge is 0.383 e. The average Bonchev–Trinajstić information content (AvgIpc) is 3.22. The highest BCUT2D eigenvalue weighted by Gasteiger charge is 2.19. The summed E-state index contributed by atoms with van der Waals surface area (Å²) < 4.78 is 0. The molecule has 1 amide bonds. The molecule has 1 aromatic heterocycles. The number of hydrogen-bond acceptors (Lipinski definition) is 5. The van der Waals surface area contributed by atoms with Crippen LogP contribution in [0.3, 0.4) is 0 Å². The third-order valence-electron chi connectivity index (χ3n) is 3.31. The van der Waals surface area contributed by atoms with Crippen LogP contribution in [0.1, 0.15) is 17.7 Å². The summed E-state index contributed by atoms with van der Waals surface area (Å²) in [7, 11) is 3.66. The van der Waals surface area contributed by atoms with Crippen molar-refractivity contribution in [2.75, 3.05) is 11.1 Å². The highest BCUT2D eigenvalue weighted by atomic mass is 33.1. The van der Waals surface area contributed by atoms with Crippen molar-refractivity contribution in [3.8, 4) is 0 Å². The van der Waals surface area contributed by atoms with Crippen LogP contribution >= 0.6 is 32.9 Å². The van der Waals surface area contributed by atoms with E-state index in [9.17, 15) is 4.79 Å². The minimum Gasteiger partial charge on any atom is -0.383 e. The molecule has 3 rings (SSSR count). The quantitative estimate of drug-likeness (QED) is 0.473. The zero-order chi connectivity index (χ0) is 16.1. The fraction of sp³-hybridized carbons (Fsp3) is 0.250. The Morgan fingerprint density at radius 2 is 2.13 bits per heavy atom. The van der Waals surface area contributed by atoms with Crippen molar-refractivity contribution >= 4 is 56.0 Å². The lowest BCUT2D eigenvalue weighted by Crippen LogP contribution is -2.16. The third kappa shape index (κ3) is 4.76. The molecule has 120 valence electrons. The summed E-state index contributed by atoms with van der Waals surface area (Å²) in [5.41, 5.74) is 7.53. The Hall–Kier alpha value is -1.44. The molecule has 0 aliphatic carbocycles. The molecule has 1 aliphatic heterocycles. The molecular weight excluding hydrogens is 346 g/mol. The predicted molar refractivity (Wildman–Crippen MR) is 103 cm³/mol. The van der Waals surface area contributed by atoms with Crippen LogP contribution < -0.4 is 11.1 Å². The number of anilines is 1. The Kier molecular flexibility index (Phi) is 5.64. The second-order valence-electron chi connectivity index (χ2n) is 5.10. The molecule has 1 aromatic carbocycles. The topological polar surface area (TPSA) is 67.5 Å². The van der Waals surface area contributed by atoms with Gasteiger partial charge in [-0.3, -0.25) is 4.79 Å². The van der Waals surface area contributed by atoms with Gasteiger partial charge >= 0.3 is 0 Å².